The van der Waals surface area contributed by atoms with E-state index in [4.69, 9.17) is 15.7 Å². The number of fused-ring (bicyclic) bond motifs is 1. The predicted octanol–water partition coefficient (Wildman–Crippen LogP) is 0.806. The fraction of sp³-hybridized carbons (Fsp3) is 0.500. The molecule has 0 unspecified atom stereocenters. The molecule has 0 saturated heterocycles. The number of aromatic nitrogens is 2. The van der Waals surface area contributed by atoms with Crippen LogP contribution in [0.15, 0.2) is 4.79 Å². The minimum atomic E-state index is -2.29. The minimum Gasteiger partial charge on any atom is -0.359 e. The van der Waals surface area contributed by atoms with Gasteiger partial charge in [-0.25, -0.2) is 4.98 Å². The lowest BCUT2D eigenvalue weighted by molar-refractivity contribution is 0.717. The molecule has 13 heavy (non-hydrogen) atoms. The van der Waals surface area contributed by atoms with Crippen LogP contribution in [0.2, 0.25) is 5.28 Å². The van der Waals surface area contributed by atoms with Crippen molar-refractivity contribution < 1.29 is 4.11 Å². The molecule has 0 bridgehead atoms. The van der Waals surface area contributed by atoms with Crippen LogP contribution in [0.1, 0.15) is 16.1 Å². The van der Waals surface area contributed by atoms with Gasteiger partial charge < -0.3 is 4.90 Å². The Kier molecular flexibility index (Phi) is 1.32. The van der Waals surface area contributed by atoms with Crippen molar-refractivity contribution in [2.45, 2.75) is 12.8 Å². The second-order valence-electron chi connectivity index (χ2n) is 2.91. The highest BCUT2D eigenvalue weighted by Crippen LogP contribution is 2.20. The summed E-state index contributed by atoms with van der Waals surface area (Å²) in [4.78, 5) is 19.0. The molecule has 0 atom stereocenters. The molecule has 70 valence electrons. The van der Waals surface area contributed by atoms with Gasteiger partial charge in [0.1, 0.15) is 5.82 Å². The van der Waals surface area contributed by atoms with Crippen LogP contribution in [0, 0.1) is 0 Å². The second-order valence-corrected chi connectivity index (χ2v) is 3.27. The monoisotopic (exact) mass is 202 g/mol. The summed E-state index contributed by atoms with van der Waals surface area (Å²) in [6, 6.07) is 0. The van der Waals surface area contributed by atoms with Crippen molar-refractivity contribution in [3.63, 3.8) is 0 Å². The molecule has 0 aromatic carbocycles. The molecule has 2 heterocycles. The maximum Gasteiger partial charge on any atom is 0.257 e. The summed E-state index contributed by atoms with van der Waals surface area (Å²) in [5.74, 6) is 0.181. The third-order valence-corrected chi connectivity index (χ3v) is 2.21. The molecule has 0 amide bonds. The molecule has 5 heteroatoms. The van der Waals surface area contributed by atoms with Crippen LogP contribution < -0.4 is 10.5 Å². The molecule has 2 rings (SSSR count). The molecule has 0 spiro atoms. The Labute approximate surface area is 84.8 Å². The molecule has 1 aliphatic heterocycles. The van der Waals surface area contributed by atoms with E-state index in [0.29, 0.717) is 24.9 Å². The van der Waals surface area contributed by atoms with E-state index in [1.54, 1.807) is 0 Å². The summed E-state index contributed by atoms with van der Waals surface area (Å²) in [7, 11) is 0. The zero-order valence-corrected chi connectivity index (χ0v) is 7.56. The van der Waals surface area contributed by atoms with E-state index < -0.39 is 6.98 Å². The molecule has 0 aliphatic carbocycles. The highest BCUT2D eigenvalue weighted by Gasteiger charge is 2.18. The Balaban J connectivity index is 2.58. The van der Waals surface area contributed by atoms with Crippen molar-refractivity contribution in [2.24, 2.45) is 0 Å². The van der Waals surface area contributed by atoms with Gasteiger partial charge in [-0.2, -0.15) is 0 Å². The number of hydrogen-bond donors (Lipinski definition) is 1. The number of nitrogens with one attached hydrogen (secondary N) is 1. The average Bonchev–Trinajstić information content (AvgIpc) is 2.15. The van der Waals surface area contributed by atoms with Crippen LogP contribution in [0.5, 0.6) is 0 Å². The van der Waals surface area contributed by atoms with Gasteiger partial charge in [0.2, 0.25) is 5.28 Å². The fourth-order valence-electron chi connectivity index (χ4n) is 1.43. The van der Waals surface area contributed by atoms with Crippen molar-refractivity contribution in [1.82, 2.24) is 9.97 Å². The van der Waals surface area contributed by atoms with Gasteiger partial charge in [0.15, 0.2) is 0 Å². The maximum absolute atomic E-state index is 11.6. The summed E-state index contributed by atoms with van der Waals surface area (Å²) in [6.07, 6.45) is 1.15. The van der Waals surface area contributed by atoms with Gasteiger partial charge in [0, 0.05) is 17.6 Å². The van der Waals surface area contributed by atoms with Crippen LogP contribution in [0.25, 0.3) is 0 Å². The quantitative estimate of drug-likeness (QED) is 0.634. The molecule has 1 aliphatic rings. The summed E-state index contributed by atoms with van der Waals surface area (Å²) < 4.78 is 22.1. The molecule has 0 radical (unpaired) electrons. The first kappa shape index (κ1) is 5.65. The Bertz CT molecular complexity index is 471. The molecular formula is C8H10ClN3O. The molecule has 1 aromatic rings. The first-order chi connectivity index (χ1) is 7.39. The SMILES string of the molecule is [2H]C([2H])([2H])N1CCCc2c1nc(Cl)[nH]c2=O. The molecule has 4 nitrogen and oxygen atoms in total. The first-order valence-corrected chi connectivity index (χ1v) is 4.34. The molecular weight excluding hydrogens is 190 g/mol. The number of nitrogens with zero attached hydrogens (tertiary/aromatic N) is 2. The Morgan fingerprint density at radius 2 is 2.62 bits per heavy atom. The smallest absolute Gasteiger partial charge is 0.257 e. The van der Waals surface area contributed by atoms with E-state index in [1.807, 2.05) is 0 Å². The molecule has 0 fully saturated rings. The van der Waals surface area contributed by atoms with Crippen molar-refractivity contribution in [3.8, 4) is 0 Å². The lowest BCUT2D eigenvalue weighted by Crippen LogP contribution is -2.31. The third kappa shape index (κ3) is 1.42. The summed E-state index contributed by atoms with van der Waals surface area (Å²) in [6.45, 7) is -1.93. The first-order valence-electron chi connectivity index (χ1n) is 5.46. The van der Waals surface area contributed by atoms with Crippen LogP contribution in [-0.2, 0) is 6.42 Å². The van der Waals surface area contributed by atoms with Crippen LogP contribution in [0.3, 0.4) is 0 Å². The van der Waals surface area contributed by atoms with E-state index in [-0.39, 0.29) is 16.7 Å². The fourth-order valence-corrected chi connectivity index (χ4v) is 1.59. The van der Waals surface area contributed by atoms with Gasteiger partial charge in [-0.15, -0.1) is 0 Å². The number of rotatable bonds is 0. The molecule has 1 N–H and O–H groups in total. The standard InChI is InChI=1S/C8H10ClN3O/c1-12-4-2-3-5-6(12)10-8(9)11-7(5)13/h2-4H2,1H3,(H,10,11,13)/i1D3. The van der Waals surface area contributed by atoms with Crippen LogP contribution in [0.4, 0.5) is 5.82 Å². The third-order valence-electron chi connectivity index (χ3n) is 2.03. The van der Waals surface area contributed by atoms with Crippen LogP contribution >= 0.6 is 11.6 Å². The van der Waals surface area contributed by atoms with Gasteiger partial charge in [0.25, 0.3) is 5.56 Å². The lowest BCUT2D eigenvalue weighted by Gasteiger charge is -2.24. The molecule has 0 saturated carbocycles. The predicted molar refractivity (Wildman–Crippen MR) is 51.5 cm³/mol. The number of H-pyrrole nitrogens is 1. The van der Waals surface area contributed by atoms with E-state index >= 15 is 0 Å². The van der Waals surface area contributed by atoms with Crippen molar-refractivity contribution in [1.29, 1.82) is 0 Å². The highest BCUT2D eigenvalue weighted by atomic mass is 35.5. The number of aromatic amines is 1. The zero-order chi connectivity index (χ0) is 11.9. The van der Waals surface area contributed by atoms with E-state index in [9.17, 15) is 4.79 Å². The zero-order valence-electron chi connectivity index (χ0n) is 9.80. The summed E-state index contributed by atoms with van der Waals surface area (Å²) >= 11 is 5.62. The van der Waals surface area contributed by atoms with Crippen molar-refractivity contribution >= 4 is 17.4 Å². The Hall–Kier alpha value is -1.03. The Morgan fingerprint density at radius 1 is 1.77 bits per heavy atom. The van der Waals surface area contributed by atoms with Crippen molar-refractivity contribution in [3.05, 3.63) is 21.2 Å². The van der Waals surface area contributed by atoms with Gasteiger partial charge in [0.05, 0.1) is 5.56 Å². The summed E-state index contributed by atoms with van der Waals surface area (Å²) in [5.41, 5.74) is 0.0377. The van der Waals surface area contributed by atoms with E-state index in [2.05, 4.69) is 9.97 Å². The lowest BCUT2D eigenvalue weighted by atomic mass is 10.1. The molecule has 1 aromatic heterocycles. The second kappa shape index (κ2) is 3.03. The van der Waals surface area contributed by atoms with Crippen molar-refractivity contribution in [2.75, 3.05) is 18.4 Å². The largest absolute Gasteiger partial charge is 0.359 e. The van der Waals surface area contributed by atoms with E-state index in [0.717, 1.165) is 4.90 Å². The van der Waals surface area contributed by atoms with Gasteiger partial charge in [-0.3, -0.25) is 9.78 Å². The average molecular weight is 203 g/mol. The maximum atomic E-state index is 11.6. The number of halogens is 1. The Morgan fingerprint density at radius 3 is 3.38 bits per heavy atom. The summed E-state index contributed by atoms with van der Waals surface area (Å²) in [5, 5.41) is -0.0834. The topological polar surface area (TPSA) is 49.0 Å². The van der Waals surface area contributed by atoms with Gasteiger partial charge >= 0.3 is 0 Å². The number of hydrogen-bond acceptors (Lipinski definition) is 3. The van der Waals surface area contributed by atoms with E-state index in [1.165, 1.54) is 0 Å². The number of anilines is 1. The highest BCUT2D eigenvalue weighted by molar-refractivity contribution is 6.28. The minimum absolute atomic E-state index is 0.0834. The van der Waals surface area contributed by atoms with Gasteiger partial charge in [-0.1, -0.05) is 0 Å². The van der Waals surface area contributed by atoms with Gasteiger partial charge in [-0.05, 0) is 24.4 Å². The normalized spacial score (nSPS) is 20.1. The van der Waals surface area contributed by atoms with Crippen LogP contribution in [-0.4, -0.2) is 23.5 Å².